The van der Waals surface area contributed by atoms with E-state index < -0.39 is 52.2 Å². The van der Waals surface area contributed by atoms with Gasteiger partial charge in [0.2, 0.25) is 5.95 Å². The Kier molecular flexibility index (Phi) is 7.31. The molecule has 1 unspecified atom stereocenters. The van der Waals surface area contributed by atoms with E-state index in [0.717, 1.165) is 0 Å². The Labute approximate surface area is 179 Å². The quantitative estimate of drug-likeness (QED) is 0.131. The molecule has 2 aromatic heterocycles. The molecular formula is C14H21N5O11P2. The second-order valence-electron chi connectivity index (χ2n) is 6.66. The number of anilines is 1. The number of phosphoric ester groups is 1. The van der Waals surface area contributed by atoms with Crippen molar-refractivity contribution >= 4 is 32.8 Å². The number of aliphatic hydroxyl groups is 1. The number of nitrogens with two attached hydrogens (primary N) is 1. The number of imidazole rings is 1. The summed E-state index contributed by atoms with van der Waals surface area (Å²) in [7, 11) is -10.5. The van der Waals surface area contributed by atoms with Crippen LogP contribution in [0.5, 0.6) is 0 Å². The van der Waals surface area contributed by atoms with Gasteiger partial charge in [-0.3, -0.25) is 18.9 Å². The van der Waals surface area contributed by atoms with Gasteiger partial charge in [-0.1, -0.05) is 6.08 Å². The Morgan fingerprint density at radius 3 is 2.72 bits per heavy atom. The summed E-state index contributed by atoms with van der Waals surface area (Å²) in [4.78, 5) is 49.1. The second kappa shape index (κ2) is 9.49. The zero-order valence-corrected chi connectivity index (χ0v) is 18.0. The van der Waals surface area contributed by atoms with Crippen LogP contribution in [-0.2, 0) is 27.4 Å². The first-order valence-electron chi connectivity index (χ1n) is 8.90. The van der Waals surface area contributed by atoms with Crippen molar-refractivity contribution in [2.45, 2.75) is 18.4 Å². The molecule has 0 bridgehead atoms. The van der Waals surface area contributed by atoms with E-state index in [9.17, 15) is 23.9 Å². The molecule has 0 saturated carbocycles. The lowest BCUT2D eigenvalue weighted by atomic mass is 9.99. The van der Waals surface area contributed by atoms with Gasteiger partial charge in [-0.25, -0.2) is 14.1 Å². The van der Waals surface area contributed by atoms with Crippen LogP contribution in [0.25, 0.3) is 11.2 Å². The first-order chi connectivity index (χ1) is 14.9. The average Bonchev–Trinajstić information content (AvgIpc) is 3.20. The number of rotatable bonds is 10. The smallest absolute Gasteiger partial charge is 0.388 e. The van der Waals surface area contributed by atoms with Crippen LogP contribution in [0.4, 0.5) is 5.95 Å². The molecule has 3 heterocycles. The molecular weight excluding hydrogens is 476 g/mol. The van der Waals surface area contributed by atoms with Crippen molar-refractivity contribution in [1.82, 2.24) is 19.5 Å². The van der Waals surface area contributed by atoms with E-state index >= 15 is 0 Å². The van der Waals surface area contributed by atoms with Crippen LogP contribution in [0.3, 0.4) is 0 Å². The number of nitrogens with one attached hydrogen (secondary N) is 1. The fourth-order valence-electron chi connectivity index (χ4n) is 3.13. The SMILES string of the molecule is C=CCOC[C@H]1[C@@H](O)[C@H](n2cnc3c(=O)[nH]c(N)nc32)O[C@@H]1COP(=O)(O)OP(=O)(O)O. The Morgan fingerprint density at radius 1 is 1.34 bits per heavy atom. The van der Waals surface area contributed by atoms with E-state index in [-0.39, 0.29) is 30.3 Å². The van der Waals surface area contributed by atoms with Gasteiger partial charge < -0.3 is 35.0 Å². The number of hydrogen-bond donors (Lipinski definition) is 6. The maximum atomic E-state index is 12.0. The summed E-state index contributed by atoms with van der Waals surface area (Å²) in [5.41, 5.74) is 4.91. The van der Waals surface area contributed by atoms with Crippen LogP contribution in [0.2, 0.25) is 0 Å². The van der Waals surface area contributed by atoms with Crippen molar-refractivity contribution in [1.29, 1.82) is 0 Å². The molecule has 0 radical (unpaired) electrons. The molecule has 18 heteroatoms. The number of ether oxygens (including phenoxy) is 2. The Hall–Kier alpha value is -1.97. The fraction of sp³-hybridized carbons (Fsp3) is 0.500. The maximum Gasteiger partial charge on any atom is 0.481 e. The molecule has 178 valence electrons. The van der Waals surface area contributed by atoms with Gasteiger partial charge in [-0.05, 0) is 0 Å². The van der Waals surface area contributed by atoms with E-state index in [2.05, 4.69) is 30.4 Å². The summed E-state index contributed by atoms with van der Waals surface area (Å²) >= 11 is 0. The molecule has 0 spiro atoms. The third-order valence-corrected chi connectivity index (χ3v) is 6.56. The Morgan fingerprint density at radius 2 is 2.06 bits per heavy atom. The third kappa shape index (κ3) is 5.68. The second-order valence-corrected chi connectivity index (χ2v) is 9.49. The number of nitrogen functional groups attached to an aromatic ring is 1. The van der Waals surface area contributed by atoms with E-state index in [4.69, 9.17) is 25.0 Å². The molecule has 1 aliphatic rings. The lowest BCUT2D eigenvalue weighted by Crippen LogP contribution is -2.32. The van der Waals surface area contributed by atoms with Gasteiger partial charge in [0.15, 0.2) is 17.4 Å². The van der Waals surface area contributed by atoms with Gasteiger partial charge in [0.25, 0.3) is 5.56 Å². The van der Waals surface area contributed by atoms with Crippen molar-refractivity contribution in [2.24, 2.45) is 5.92 Å². The molecule has 2 aromatic rings. The van der Waals surface area contributed by atoms with Crippen LogP contribution in [0, 0.1) is 5.92 Å². The molecule has 1 fully saturated rings. The van der Waals surface area contributed by atoms with Crippen molar-refractivity contribution in [2.75, 3.05) is 25.6 Å². The summed E-state index contributed by atoms with van der Waals surface area (Å²) < 4.78 is 43.3. The summed E-state index contributed by atoms with van der Waals surface area (Å²) in [6.45, 7) is 2.83. The van der Waals surface area contributed by atoms with E-state index in [0.29, 0.717) is 0 Å². The largest absolute Gasteiger partial charge is 0.481 e. The van der Waals surface area contributed by atoms with E-state index in [1.54, 1.807) is 0 Å². The summed E-state index contributed by atoms with van der Waals surface area (Å²) in [6.07, 6.45) is -0.922. The number of nitrogens with zero attached hydrogens (tertiary/aromatic N) is 3. The Balaban J connectivity index is 1.85. The number of fused-ring (bicyclic) bond motifs is 1. The molecule has 0 aromatic carbocycles. The van der Waals surface area contributed by atoms with Gasteiger partial charge in [0, 0.05) is 5.92 Å². The van der Waals surface area contributed by atoms with Gasteiger partial charge in [0.05, 0.1) is 32.3 Å². The number of H-pyrrole nitrogens is 1. The number of aromatic nitrogens is 4. The molecule has 7 N–H and O–H groups in total. The lowest BCUT2D eigenvalue weighted by Gasteiger charge is -2.21. The maximum absolute atomic E-state index is 12.0. The van der Waals surface area contributed by atoms with Gasteiger partial charge in [-0.2, -0.15) is 9.29 Å². The molecule has 0 amide bonds. The summed E-state index contributed by atoms with van der Waals surface area (Å²) in [5.74, 6) is -1.04. The average molecular weight is 497 g/mol. The monoisotopic (exact) mass is 497 g/mol. The zero-order chi connectivity index (χ0) is 23.7. The van der Waals surface area contributed by atoms with Crippen LogP contribution < -0.4 is 11.3 Å². The molecule has 0 aliphatic carbocycles. The van der Waals surface area contributed by atoms with Crippen LogP contribution in [0.15, 0.2) is 23.8 Å². The zero-order valence-electron chi connectivity index (χ0n) is 16.3. The summed E-state index contributed by atoms with van der Waals surface area (Å²) in [6, 6.07) is 0. The number of hydrogen-bond acceptors (Lipinski definition) is 11. The molecule has 5 atom stereocenters. The fourth-order valence-corrected chi connectivity index (χ4v) is 4.73. The van der Waals surface area contributed by atoms with E-state index in [1.165, 1.54) is 17.0 Å². The van der Waals surface area contributed by atoms with Gasteiger partial charge in [-0.15, -0.1) is 6.58 Å². The topological polar surface area (TPSA) is 242 Å². The molecule has 3 rings (SSSR count). The van der Waals surface area contributed by atoms with Crippen molar-refractivity contribution in [3.63, 3.8) is 0 Å². The standard InChI is InChI=1S/C14H21N5O11P2/c1-2-3-27-4-7-8(5-28-32(25,26)30-31(22,23)24)29-13(10(7)20)19-6-16-9-11(19)17-14(15)18-12(9)21/h2,6-8,10,13,20H,1,3-5H2,(H,25,26)(H2,22,23,24)(H3,15,17,18,21)/t7-,8-,10-,13-/m1/s1. The van der Waals surface area contributed by atoms with Crippen LogP contribution in [-0.4, -0.2) is 71.3 Å². The number of aliphatic hydroxyl groups excluding tert-OH is 1. The van der Waals surface area contributed by atoms with Crippen molar-refractivity contribution in [3.8, 4) is 0 Å². The number of aromatic amines is 1. The van der Waals surface area contributed by atoms with Crippen molar-refractivity contribution in [3.05, 3.63) is 29.3 Å². The molecule has 32 heavy (non-hydrogen) atoms. The van der Waals surface area contributed by atoms with E-state index in [1.807, 2.05) is 0 Å². The molecule has 1 saturated heterocycles. The van der Waals surface area contributed by atoms with Gasteiger partial charge >= 0.3 is 15.6 Å². The predicted octanol–water partition coefficient (Wildman–Crippen LogP) is -0.995. The highest BCUT2D eigenvalue weighted by Crippen LogP contribution is 2.57. The minimum atomic E-state index is -5.32. The normalized spacial score (nSPS) is 25.8. The minimum absolute atomic E-state index is 0.0142. The number of phosphoric acid groups is 2. The lowest BCUT2D eigenvalue weighted by molar-refractivity contribution is -0.0493. The van der Waals surface area contributed by atoms with Crippen molar-refractivity contribution < 1.29 is 47.2 Å². The summed E-state index contributed by atoms with van der Waals surface area (Å²) in [5, 5.41) is 10.8. The highest BCUT2D eigenvalue weighted by molar-refractivity contribution is 7.60. The van der Waals surface area contributed by atoms with Crippen LogP contribution >= 0.6 is 15.6 Å². The first-order valence-corrected chi connectivity index (χ1v) is 11.9. The highest BCUT2D eigenvalue weighted by Gasteiger charge is 2.46. The predicted molar refractivity (Wildman–Crippen MR) is 106 cm³/mol. The van der Waals surface area contributed by atoms with Crippen LogP contribution in [0.1, 0.15) is 6.23 Å². The third-order valence-electron chi connectivity index (χ3n) is 4.40. The highest BCUT2D eigenvalue weighted by atomic mass is 31.3. The van der Waals surface area contributed by atoms with Gasteiger partial charge in [0.1, 0.15) is 6.10 Å². The Bertz CT molecular complexity index is 1130. The molecule has 1 aliphatic heterocycles. The first kappa shape index (κ1) is 24.7. The molecule has 16 nitrogen and oxygen atoms in total. The minimum Gasteiger partial charge on any atom is -0.388 e.